The molecule has 0 spiro atoms. The topological polar surface area (TPSA) is 9.72 Å². The molecule has 3 nitrogen and oxygen atoms in total. The summed E-state index contributed by atoms with van der Waals surface area (Å²) in [6, 6.07) is 56.1. The quantitative estimate of drug-likeness (QED) is 0.159. The van der Waals surface area contributed by atoms with Gasteiger partial charge in [0.1, 0.15) is 0 Å². The van der Waals surface area contributed by atoms with Gasteiger partial charge in [0.25, 0.3) is 6.71 Å². The van der Waals surface area contributed by atoms with E-state index in [1.165, 1.54) is 134 Å². The fourth-order valence-electron chi connectivity index (χ4n) is 15.3. The van der Waals surface area contributed by atoms with Gasteiger partial charge in [-0.05, 0) is 216 Å². The van der Waals surface area contributed by atoms with Gasteiger partial charge in [0, 0.05) is 65.7 Å². The van der Waals surface area contributed by atoms with Crippen LogP contribution < -0.4 is 31.1 Å². The van der Waals surface area contributed by atoms with Gasteiger partial charge in [0.2, 0.25) is 0 Å². The second kappa shape index (κ2) is 18.0. The lowest BCUT2D eigenvalue weighted by Gasteiger charge is -2.47. The van der Waals surface area contributed by atoms with Crippen molar-refractivity contribution < 1.29 is 0 Å². The Hall–Kier alpha value is -6.56. The molecule has 0 atom stereocenters. The molecular formula is C77H86BN3S. The molecule has 0 N–H and O–H groups in total. The van der Waals surface area contributed by atoms with Crippen molar-refractivity contribution in [2.45, 2.75) is 189 Å². The molecule has 0 fully saturated rings. The number of anilines is 9. The van der Waals surface area contributed by atoms with Crippen molar-refractivity contribution in [1.29, 1.82) is 0 Å². The van der Waals surface area contributed by atoms with Gasteiger partial charge in [-0.15, -0.1) is 11.3 Å². The maximum absolute atomic E-state index is 2.74. The first kappa shape index (κ1) is 54.7. The average Bonchev–Trinajstić information content (AvgIpc) is 1.91. The highest BCUT2D eigenvalue weighted by molar-refractivity contribution is 7.26. The molecule has 418 valence electrons. The van der Waals surface area contributed by atoms with Gasteiger partial charge in [-0.2, -0.15) is 0 Å². The Labute approximate surface area is 495 Å². The third kappa shape index (κ3) is 8.54. The van der Waals surface area contributed by atoms with Crippen molar-refractivity contribution in [3.63, 3.8) is 0 Å². The Balaban J connectivity index is 1.14. The molecule has 82 heavy (non-hydrogen) atoms. The summed E-state index contributed by atoms with van der Waals surface area (Å²) in [5.74, 6) is 0. The van der Waals surface area contributed by atoms with E-state index in [4.69, 9.17) is 0 Å². The van der Waals surface area contributed by atoms with Crippen molar-refractivity contribution >= 4 is 106 Å². The third-order valence-corrected chi connectivity index (χ3v) is 21.0. The van der Waals surface area contributed by atoms with E-state index < -0.39 is 0 Å². The van der Waals surface area contributed by atoms with Crippen LogP contribution in [-0.2, 0) is 37.9 Å². The summed E-state index contributed by atoms with van der Waals surface area (Å²) >= 11 is 1.93. The predicted molar refractivity (Wildman–Crippen MR) is 360 cm³/mol. The third-order valence-electron chi connectivity index (χ3n) is 19.9. The van der Waals surface area contributed by atoms with Gasteiger partial charge in [-0.25, -0.2) is 0 Å². The molecule has 0 radical (unpaired) electrons. The smallest absolute Gasteiger partial charge is 0.252 e. The highest BCUT2D eigenvalue weighted by atomic mass is 32.1. The van der Waals surface area contributed by atoms with Crippen LogP contribution in [0.15, 0.2) is 140 Å². The molecule has 9 aromatic rings. The number of benzene rings is 8. The van der Waals surface area contributed by atoms with Crippen LogP contribution in [0.5, 0.6) is 0 Å². The lowest BCUT2D eigenvalue weighted by atomic mass is 9.33. The van der Waals surface area contributed by atoms with E-state index in [2.05, 4.69) is 286 Å². The van der Waals surface area contributed by atoms with E-state index >= 15 is 0 Å². The molecule has 0 amide bonds. The van der Waals surface area contributed by atoms with Crippen LogP contribution in [0.1, 0.15) is 187 Å². The molecule has 5 heteroatoms. The zero-order chi connectivity index (χ0) is 58.3. The Morgan fingerprint density at radius 2 is 0.915 bits per heavy atom. The average molecular weight is 1100 g/mol. The highest BCUT2D eigenvalue weighted by Crippen LogP contribution is 2.56. The Morgan fingerprint density at radius 1 is 0.427 bits per heavy atom. The molecule has 0 saturated heterocycles. The number of hydrogen-bond donors (Lipinski definition) is 0. The molecule has 8 aromatic carbocycles. The molecule has 13 rings (SSSR count). The first-order valence-corrected chi connectivity index (χ1v) is 31.3. The minimum absolute atomic E-state index is 0.00783. The predicted octanol–water partition coefficient (Wildman–Crippen LogP) is 20.4. The standard InChI is InChI=1S/C77H86BN3S/c1-46-37-65-70-66(38-46)81(62-43-57-55(39-47(62)2)74(12,13)35-36-75(57,14)15)64-44-58-56(76(16,17)45-77(58,18)19)42-60(64)78(70)59-34-32-53(79(51-28-23-48(24-29-51)71(3,4)5)52-30-25-49(26-31-52)72(6,7)8)41-63(59)80(65)61-21-20-22-67-69(61)54-33-27-50(73(9,10)11)40-68(54)82-67/h20-34,37-44H,35-36,45H2,1-19H3. The van der Waals surface area contributed by atoms with Crippen LogP contribution in [0.25, 0.3) is 20.2 Å². The maximum Gasteiger partial charge on any atom is 0.252 e. The van der Waals surface area contributed by atoms with Gasteiger partial charge < -0.3 is 14.7 Å². The summed E-state index contributed by atoms with van der Waals surface area (Å²) in [7, 11) is 0. The summed E-state index contributed by atoms with van der Waals surface area (Å²) in [6.45, 7) is 45.4. The monoisotopic (exact) mass is 1100 g/mol. The number of rotatable bonds is 5. The van der Waals surface area contributed by atoms with E-state index in [9.17, 15) is 0 Å². The zero-order valence-electron chi connectivity index (χ0n) is 52.7. The number of nitrogens with zero attached hydrogens (tertiary/aromatic N) is 3. The lowest BCUT2D eigenvalue weighted by Crippen LogP contribution is -2.61. The van der Waals surface area contributed by atoms with Gasteiger partial charge in [0.05, 0.1) is 5.69 Å². The second-order valence-corrected chi connectivity index (χ2v) is 32.1. The molecular weight excluding hydrogens is 1010 g/mol. The zero-order valence-corrected chi connectivity index (χ0v) is 53.5. The van der Waals surface area contributed by atoms with Crippen molar-refractivity contribution in [1.82, 2.24) is 0 Å². The van der Waals surface area contributed by atoms with Crippen LogP contribution in [0.3, 0.4) is 0 Å². The van der Waals surface area contributed by atoms with Gasteiger partial charge in [0.15, 0.2) is 0 Å². The number of thiophene rings is 1. The summed E-state index contributed by atoms with van der Waals surface area (Å²) in [6.07, 6.45) is 3.46. The molecule has 3 heterocycles. The van der Waals surface area contributed by atoms with Crippen molar-refractivity contribution in [2.24, 2.45) is 0 Å². The van der Waals surface area contributed by atoms with Crippen LogP contribution in [-0.4, -0.2) is 6.71 Å². The minimum atomic E-state index is -0.0337. The van der Waals surface area contributed by atoms with Crippen LogP contribution in [0.2, 0.25) is 0 Å². The summed E-state index contributed by atoms with van der Waals surface area (Å²) in [4.78, 5) is 7.94. The summed E-state index contributed by atoms with van der Waals surface area (Å²) in [5, 5.41) is 2.62. The number of fused-ring (bicyclic) bond motifs is 9. The molecule has 2 aliphatic heterocycles. The molecule has 0 unspecified atom stereocenters. The van der Waals surface area contributed by atoms with Crippen molar-refractivity contribution in [2.75, 3.05) is 14.7 Å². The molecule has 2 aliphatic carbocycles. The van der Waals surface area contributed by atoms with Crippen LogP contribution >= 0.6 is 11.3 Å². The summed E-state index contributed by atoms with van der Waals surface area (Å²) < 4.78 is 2.64. The van der Waals surface area contributed by atoms with E-state index in [0.29, 0.717) is 0 Å². The SMILES string of the molecule is Cc1cc2c3c(c1)N(c1cccc4sc5cc(C(C)(C)C)ccc5c14)c1cc(N(c4ccc(C(C)(C)C)cc4)c4ccc(C(C)(C)C)cc4)ccc1B3c1cc3c(cc1N2c1cc2c(cc1C)C(C)(C)CCC2(C)C)C(C)(C)CC3(C)C. The Bertz CT molecular complexity index is 4050. The normalized spacial score (nSPS) is 17.4. The van der Waals surface area contributed by atoms with E-state index in [1.807, 2.05) is 11.3 Å². The Morgan fingerprint density at radius 3 is 1.49 bits per heavy atom. The van der Waals surface area contributed by atoms with Gasteiger partial charge >= 0.3 is 0 Å². The Kier molecular flexibility index (Phi) is 12.0. The maximum atomic E-state index is 2.74. The molecule has 0 bridgehead atoms. The second-order valence-electron chi connectivity index (χ2n) is 31.1. The largest absolute Gasteiger partial charge is 0.311 e. The van der Waals surface area contributed by atoms with E-state index in [-0.39, 0.29) is 44.6 Å². The fourth-order valence-corrected chi connectivity index (χ4v) is 16.5. The van der Waals surface area contributed by atoms with Gasteiger partial charge in [-0.3, -0.25) is 0 Å². The van der Waals surface area contributed by atoms with E-state index in [0.717, 1.165) is 23.5 Å². The number of aryl methyl sites for hydroxylation is 2. The van der Waals surface area contributed by atoms with Crippen molar-refractivity contribution in [3.8, 4) is 0 Å². The van der Waals surface area contributed by atoms with Gasteiger partial charge in [-0.1, -0.05) is 178 Å². The van der Waals surface area contributed by atoms with Crippen LogP contribution in [0.4, 0.5) is 51.2 Å². The summed E-state index contributed by atoms with van der Waals surface area (Å²) in [5.41, 5.74) is 28.0. The molecule has 0 saturated carbocycles. The minimum Gasteiger partial charge on any atom is -0.311 e. The number of hydrogen-bond acceptors (Lipinski definition) is 4. The van der Waals surface area contributed by atoms with Crippen molar-refractivity contribution in [3.05, 3.63) is 190 Å². The van der Waals surface area contributed by atoms with Crippen LogP contribution in [0, 0.1) is 13.8 Å². The highest BCUT2D eigenvalue weighted by Gasteiger charge is 2.49. The lowest BCUT2D eigenvalue weighted by molar-refractivity contribution is 0.332. The first-order chi connectivity index (χ1) is 38.3. The van der Waals surface area contributed by atoms with E-state index in [1.54, 1.807) is 0 Å². The molecule has 4 aliphatic rings. The fraction of sp³-hybridized carbons (Fsp3) is 0.377. The molecule has 1 aromatic heterocycles. The first-order valence-electron chi connectivity index (χ1n) is 30.5.